The summed E-state index contributed by atoms with van der Waals surface area (Å²) in [4.78, 5) is 0.0923. The van der Waals surface area contributed by atoms with Gasteiger partial charge >= 0.3 is 0 Å². The van der Waals surface area contributed by atoms with Gasteiger partial charge in [-0.15, -0.1) is 0 Å². The lowest BCUT2D eigenvalue weighted by molar-refractivity contribution is 0.502. The number of hydrogen-bond acceptors (Lipinski definition) is 2. The van der Waals surface area contributed by atoms with Crippen LogP contribution in [0.3, 0.4) is 0 Å². The van der Waals surface area contributed by atoms with E-state index < -0.39 is 15.8 Å². The molecule has 0 spiro atoms. The quantitative estimate of drug-likeness (QED) is 0.794. The second kappa shape index (κ2) is 5.72. The molecule has 2 aromatic heterocycles. The topological polar surface area (TPSA) is 50.6 Å². The molecule has 0 fully saturated rings. The van der Waals surface area contributed by atoms with Gasteiger partial charge in [0, 0.05) is 29.9 Å². The third-order valence-electron chi connectivity index (χ3n) is 4.52. The summed E-state index contributed by atoms with van der Waals surface area (Å²) in [5, 5.41) is 0. The highest BCUT2D eigenvalue weighted by Crippen LogP contribution is 2.26. The van der Waals surface area contributed by atoms with E-state index in [0.29, 0.717) is 6.42 Å². The predicted molar refractivity (Wildman–Crippen MR) is 89.9 cm³/mol. The van der Waals surface area contributed by atoms with E-state index in [9.17, 15) is 12.8 Å². The van der Waals surface area contributed by atoms with Crippen LogP contribution in [0, 0.1) is 5.82 Å². The molecule has 1 N–H and O–H groups in total. The molecule has 1 aliphatic carbocycles. The van der Waals surface area contributed by atoms with Crippen molar-refractivity contribution < 1.29 is 12.8 Å². The van der Waals surface area contributed by atoms with E-state index in [4.69, 9.17) is 0 Å². The zero-order valence-electron chi connectivity index (χ0n) is 12.9. The Hall–Kier alpha value is -2.18. The monoisotopic (exact) mass is 344 g/mol. The van der Waals surface area contributed by atoms with Crippen molar-refractivity contribution in [3.05, 3.63) is 71.8 Å². The molecule has 0 radical (unpaired) electrons. The Bertz CT molecular complexity index is 994. The van der Waals surface area contributed by atoms with Gasteiger partial charge in [-0.3, -0.25) is 0 Å². The lowest BCUT2D eigenvalue weighted by Gasteiger charge is -2.24. The number of halogens is 1. The van der Waals surface area contributed by atoms with Crippen LogP contribution in [0.25, 0.3) is 5.52 Å². The van der Waals surface area contributed by atoms with E-state index in [2.05, 4.69) is 21.3 Å². The van der Waals surface area contributed by atoms with Crippen molar-refractivity contribution in [2.24, 2.45) is 0 Å². The maximum atomic E-state index is 13.0. The number of rotatable bonds is 3. The zero-order chi connectivity index (χ0) is 16.7. The first-order valence-corrected chi connectivity index (χ1v) is 9.37. The number of sulfonamides is 1. The van der Waals surface area contributed by atoms with Gasteiger partial charge in [0.25, 0.3) is 0 Å². The summed E-state index contributed by atoms with van der Waals surface area (Å²) in [5.74, 6) is -0.448. The van der Waals surface area contributed by atoms with Crippen LogP contribution in [0.4, 0.5) is 4.39 Å². The molecule has 0 saturated carbocycles. The molecule has 4 nitrogen and oxygen atoms in total. The molecule has 1 aliphatic rings. The lowest BCUT2D eigenvalue weighted by atomic mass is 9.94. The first-order chi connectivity index (χ1) is 11.5. The summed E-state index contributed by atoms with van der Waals surface area (Å²) in [7, 11) is -3.64. The largest absolute Gasteiger partial charge is 0.321 e. The van der Waals surface area contributed by atoms with Crippen LogP contribution >= 0.6 is 0 Å². The zero-order valence-corrected chi connectivity index (χ0v) is 13.8. The molecular weight excluding hydrogens is 327 g/mol. The Balaban J connectivity index is 1.59. The van der Waals surface area contributed by atoms with Gasteiger partial charge in [0.15, 0.2) is 0 Å². The number of aryl methyl sites for hydroxylation is 1. The van der Waals surface area contributed by atoms with Crippen molar-refractivity contribution in [2.75, 3.05) is 0 Å². The minimum absolute atomic E-state index is 0.0923. The van der Waals surface area contributed by atoms with E-state index in [-0.39, 0.29) is 10.9 Å². The van der Waals surface area contributed by atoms with Crippen LogP contribution in [0.2, 0.25) is 0 Å². The Morgan fingerprint density at radius 2 is 1.92 bits per heavy atom. The molecule has 0 saturated heterocycles. The molecule has 0 bridgehead atoms. The molecular formula is C18H17FN2O2S. The number of benzene rings is 1. The maximum Gasteiger partial charge on any atom is 0.240 e. The predicted octanol–water partition coefficient (Wildman–Crippen LogP) is 2.91. The molecule has 0 aliphatic heterocycles. The van der Waals surface area contributed by atoms with Crippen molar-refractivity contribution in [2.45, 2.75) is 30.2 Å². The molecule has 6 heteroatoms. The van der Waals surface area contributed by atoms with E-state index in [1.807, 2.05) is 18.3 Å². The van der Waals surface area contributed by atoms with Crippen LogP contribution < -0.4 is 4.72 Å². The third-order valence-corrected chi connectivity index (χ3v) is 6.06. The average Bonchev–Trinajstić information content (AvgIpc) is 2.93. The summed E-state index contributed by atoms with van der Waals surface area (Å²) in [5.41, 5.74) is 3.56. The molecule has 1 atom stereocenters. The van der Waals surface area contributed by atoms with Gasteiger partial charge in [-0.05, 0) is 60.9 Å². The minimum Gasteiger partial charge on any atom is -0.321 e. The first-order valence-electron chi connectivity index (χ1n) is 7.89. The second-order valence-corrected chi connectivity index (χ2v) is 7.84. The minimum atomic E-state index is -3.64. The van der Waals surface area contributed by atoms with Crippen LogP contribution in [0.15, 0.2) is 59.6 Å². The van der Waals surface area contributed by atoms with E-state index in [0.717, 1.165) is 36.2 Å². The molecule has 4 rings (SSSR count). The van der Waals surface area contributed by atoms with Crippen LogP contribution in [0.1, 0.15) is 17.7 Å². The standard InChI is InChI=1S/C18H17FN2O2S/c19-14-5-8-17(9-6-14)24(22,23)20-15-7-4-13-11-16-3-1-2-10-21(16)18(13)12-15/h1-3,5-6,8-11,15,20H,4,7,12H2. The Morgan fingerprint density at radius 3 is 2.71 bits per heavy atom. The van der Waals surface area contributed by atoms with Gasteiger partial charge in [-0.1, -0.05) is 6.07 Å². The van der Waals surface area contributed by atoms with Crippen LogP contribution in [-0.4, -0.2) is 18.9 Å². The van der Waals surface area contributed by atoms with E-state index in [1.54, 1.807) is 0 Å². The van der Waals surface area contributed by atoms with Gasteiger partial charge in [0.2, 0.25) is 10.0 Å². The fraction of sp³-hybridized carbons (Fsp3) is 0.222. The molecule has 124 valence electrons. The Kier molecular flexibility index (Phi) is 3.66. The highest BCUT2D eigenvalue weighted by atomic mass is 32.2. The average molecular weight is 344 g/mol. The summed E-state index contributed by atoms with van der Waals surface area (Å²) >= 11 is 0. The maximum absolute atomic E-state index is 13.0. The van der Waals surface area contributed by atoms with Crippen molar-refractivity contribution in [3.8, 4) is 0 Å². The summed E-state index contributed by atoms with van der Waals surface area (Å²) in [6.45, 7) is 0. The van der Waals surface area contributed by atoms with Crippen molar-refractivity contribution in [3.63, 3.8) is 0 Å². The van der Waals surface area contributed by atoms with Crippen LogP contribution in [0.5, 0.6) is 0 Å². The Labute approximate surface area is 140 Å². The molecule has 3 aromatic rings. The normalized spacial score (nSPS) is 17.8. The summed E-state index contributed by atoms with van der Waals surface area (Å²) < 4.78 is 42.8. The smallest absolute Gasteiger partial charge is 0.240 e. The number of fused-ring (bicyclic) bond motifs is 3. The number of hydrogen-bond donors (Lipinski definition) is 1. The highest BCUT2D eigenvalue weighted by Gasteiger charge is 2.26. The third kappa shape index (κ3) is 2.72. The first kappa shape index (κ1) is 15.4. The van der Waals surface area contributed by atoms with Crippen LogP contribution in [-0.2, 0) is 22.9 Å². The van der Waals surface area contributed by atoms with Gasteiger partial charge in [0.1, 0.15) is 5.82 Å². The number of nitrogens with one attached hydrogen (secondary N) is 1. The number of aromatic nitrogens is 1. The molecule has 24 heavy (non-hydrogen) atoms. The molecule has 1 unspecified atom stereocenters. The van der Waals surface area contributed by atoms with E-state index in [1.165, 1.54) is 17.7 Å². The van der Waals surface area contributed by atoms with E-state index >= 15 is 0 Å². The van der Waals surface area contributed by atoms with Gasteiger partial charge in [-0.25, -0.2) is 17.5 Å². The summed E-state index contributed by atoms with van der Waals surface area (Å²) in [6.07, 6.45) is 4.25. The van der Waals surface area contributed by atoms with Crippen molar-refractivity contribution in [1.82, 2.24) is 9.12 Å². The SMILES string of the molecule is O=S(=O)(NC1CCc2cc3ccccn3c2C1)c1ccc(F)cc1. The van der Waals surface area contributed by atoms with Crippen molar-refractivity contribution >= 4 is 15.5 Å². The highest BCUT2D eigenvalue weighted by molar-refractivity contribution is 7.89. The fourth-order valence-electron chi connectivity index (χ4n) is 3.35. The summed E-state index contributed by atoms with van der Waals surface area (Å²) in [6, 6.07) is 12.9. The van der Waals surface area contributed by atoms with Gasteiger partial charge < -0.3 is 4.40 Å². The fourth-order valence-corrected chi connectivity index (χ4v) is 4.62. The van der Waals surface area contributed by atoms with Gasteiger partial charge in [0.05, 0.1) is 4.90 Å². The lowest BCUT2D eigenvalue weighted by Crippen LogP contribution is -2.39. The van der Waals surface area contributed by atoms with Crippen molar-refractivity contribution in [1.29, 1.82) is 0 Å². The molecule has 1 aromatic carbocycles. The Morgan fingerprint density at radius 1 is 1.12 bits per heavy atom. The number of nitrogens with zero attached hydrogens (tertiary/aromatic N) is 1. The molecule has 0 amide bonds. The number of pyridine rings is 1. The second-order valence-electron chi connectivity index (χ2n) is 6.13. The van der Waals surface area contributed by atoms with Gasteiger partial charge in [-0.2, -0.15) is 0 Å². The molecule has 2 heterocycles.